The Morgan fingerprint density at radius 1 is 0.800 bits per heavy atom. The first-order valence-corrected chi connectivity index (χ1v) is 17.4. The second kappa shape index (κ2) is 15.5. The van der Waals surface area contributed by atoms with Gasteiger partial charge in [0.05, 0.1) is 11.4 Å². The summed E-state index contributed by atoms with van der Waals surface area (Å²) in [6.45, 7) is 1.79. The highest BCUT2D eigenvalue weighted by molar-refractivity contribution is 8.00. The van der Waals surface area contributed by atoms with Gasteiger partial charge < -0.3 is 16.0 Å². The Balaban J connectivity index is 1.24. The predicted octanol–water partition coefficient (Wildman–Crippen LogP) is 7.43. The lowest BCUT2D eigenvalue weighted by Gasteiger charge is -2.17. The number of aromatic nitrogens is 2. The molecule has 0 bridgehead atoms. The summed E-state index contributed by atoms with van der Waals surface area (Å²) in [5.74, 6) is -1.28. The summed E-state index contributed by atoms with van der Waals surface area (Å²) in [5.41, 5.74) is 2.88. The molecule has 11 heteroatoms. The Kier molecular flexibility index (Phi) is 10.6. The fourth-order valence-electron chi connectivity index (χ4n) is 5.24. The molecule has 2 aromatic heterocycles. The largest absolute Gasteiger partial charge is 0.321 e. The standard InChI is InChI=1S/C39H33N5O4S2/c1-26-34(39(48)44(43(26)2)30-19-10-5-11-20-30)42-38(47)35(27-14-6-3-7-15-27)50-32-21-12-18-29(24-32)40-37(46)33(25-31-22-13-23-49-31)41-36(45)28-16-8-4-9-17-28/h3-25,35H,1-2H3,(H,40,46)(H,41,45)(H,42,47)/b33-25-. The van der Waals surface area contributed by atoms with Crippen LogP contribution in [0.1, 0.15) is 31.7 Å². The quantitative estimate of drug-likeness (QED) is 0.0962. The molecule has 1 unspecified atom stereocenters. The Morgan fingerprint density at radius 2 is 1.48 bits per heavy atom. The molecular weight excluding hydrogens is 667 g/mol. The van der Waals surface area contributed by atoms with Crippen LogP contribution in [0.3, 0.4) is 0 Å². The zero-order chi connectivity index (χ0) is 35.0. The molecule has 1 atom stereocenters. The third-order valence-corrected chi connectivity index (χ3v) is 9.91. The van der Waals surface area contributed by atoms with Crippen LogP contribution >= 0.6 is 23.1 Å². The van der Waals surface area contributed by atoms with Gasteiger partial charge in [-0.15, -0.1) is 23.1 Å². The number of hydrogen-bond acceptors (Lipinski definition) is 6. The minimum absolute atomic E-state index is 0.0836. The molecule has 6 rings (SSSR count). The summed E-state index contributed by atoms with van der Waals surface area (Å²) < 4.78 is 3.23. The van der Waals surface area contributed by atoms with E-state index in [0.717, 1.165) is 10.4 Å². The van der Waals surface area contributed by atoms with E-state index in [1.165, 1.54) is 27.8 Å². The van der Waals surface area contributed by atoms with Crippen molar-refractivity contribution in [1.29, 1.82) is 0 Å². The van der Waals surface area contributed by atoms with Crippen molar-refractivity contribution in [3.05, 3.63) is 171 Å². The third kappa shape index (κ3) is 7.86. The van der Waals surface area contributed by atoms with E-state index >= 15 is 0 Å². The summed E-state index contributed by atoms with van der Waals surface area (Å²) >= 11 is 2.73. The van der Waals surface area contributed by atoms with Crippen molar-refractivity contribution in [2.24, 2.45) is 7.05 Å². The van der Waals surface area contributed by atoms with Gasteiger partial charge in [0.15, 0.2) is 0 Å². The van der Waals surface area contributed by atoms with E-state index in [9.17, 15) is 19.2 Å². The highest BCUT2D eigenvalue weighted by atomic mass is 32.2. The fraction of sp³-hybridized carbons (Fsp3) is 0.0769. The summed E-state index contributed by atoms with van der Waals surface area (Å²) in [6, 6.07) is 38.1. The molecule has 50 heavy (non-hydrogen) atoms. The predicted molar refractivity (Wildman–Crippen MR) is 201 cm³/mol. The number of amides is 3. The van der Waals surface area contributed by atoms with Gasteiger partial charge in [-0.2, -0.15) is 0 Å². The molecule has 4 aromatic carbocycles. The lowest BCUT2D eigenvalue weighted by atomic mass is 10.1. The molecule has 0 aliphatic carbocycles. The topological polar surface area (TPSA) is 114 Å². The molecule has 0 aliphatic rings. The van der Waals surface area contributed by atoms with E-state index in [0.29, 0.717) is 27.5 Å². The molecule has 3 N–H and O–H groups in total. The first-order valence-electron chi connectivity index (χ1n) is 15.7. The maximum absolute atomic E-state index is 14.0. The highest BCUT2D eigenvalue weighted by Crippen LogP contribution is 2.37. The number of benzene rings is 4. The maximum atomic E-state index is 14.0. The van der Waals surface area contributed by atoms with E-state index in [2.05, 4.69) is 16.0 Å². The van der Waals surface area contributed by atoms with Crippen LogP contribution in [0.2, 0.25) is 0 Å². The summed E-state index contributed by atoms with van der Waals surface area (Å²) in [4.78, 5) is 55.6. The van der Waals surface area contributed by atoms with Gasteiger partial charge in [0.1, 0.15) is 16.6 Å². The summed E-state index contributed by atoms with van der Waals surface area (Å²) in [5, 5.41) is 9.72. The third-order valence-electron chi connectivity index (χ3n) is 7.85. The van der Waals surface area contributed by atoms with Gasteiger partial charge in [-0.05, 0) is 72.5 Å². The van der Waals surface area contributed by atoms with Crippen molar-refractivity contribution >= 4 is 58.3 Å². The van der Waals surface area contributed by atoms with E-state index < -0.39 is 17.1 Å². The van der Waals surface area contributed by atoms with Crippen LogP contribution in [0, 0.1) is 6.92 Å². The van der Waals surface area contributed by atoms with Crippen molar-refractivity contribution in [2.45, 2.75) is 17.1 Å². The van der Waals surface area contributed by atoms with Gasteiger partial charge in [-0.3, -0.25) is 23.9 Å². The molecule has 0 radical (unpaired) electrons. The van der Waals surface area contributed by atoms with Gasteiger partial charge in [0.25, 0.3) is 17.4 Å². The van der Waals surface area contributed by atoms with Gasteiger partial charge >= 0.3 is 0 Å². The number of rotatable bonds is 11. The minimum atomic E-state index is -0.731. The van der Waals surface area contributed by atoms with Gasteiger partial charge in [-0.1, -0.05) is 78.9 Å². The van der Waals surface area contributed by atoms with E-state index in [-0.39, 0.29) is 22.9 Å². The molecule has 0 fully saturated rings. The van der Waals surface area contributed by atoms with Gasteiger partial charge in [0.2, 0.25) is 5.91 Å². The number of para-hydroxylation sites is 1. The second-order valence-electron chi connectivity index (χ2n) is 11.2. The lowest BCUT2D eigenvalue weighted by molar-refractivity contribution is -0.116. The second-order valence-corrected chi connectivity index (χ2v) is 13.4. The summed E-state index contributed by atoms with van der Waals surface area (Å²) in [7, 11) is 1.77. The van der Waals surface area contributed by atoms with Gasteiger partial charge in [-0.25, -0.2) is 4.68 Å². The van der Waals surface area contributed by atoms with E-state index in [1.54, 1.807) is 67.2 Å². The van der Waals surface area contributed by atoms with Crippen molar-refractivity contribution in [2.75, 3.05) is 10.6 Å². The van der Waals surface area contributed by atoms with Crippen LogP contribution in [-0.2, 0) is 16.6 Å². The SMILES string of the molecule is Cc1c(NC(=O)C(Sc2cccc(NC(=O)/C(=C/c3cccs3)NC(=O)c3ccccc3)c2)c2ccccc2)c(=O)n(-c2ccccc2)n1C. The van der Waals surface area contributed by atoms with Crippen LogP contribution < -0.4 is 21.5 Å². The Hall–Kier alpha value is -5.91. The first-order chi connectivity index (χ1) is 24.3. The first kappa shape index (κ1) is 34.0. The molecule has 0 saturated carbocycles. The molecule has 0 spiro atoms. The molecule has 0 aliphatic heterocycles. The van der Waals surface area contributed by atoms with E-state index in [1.807, 2.05) is 90.3 Å². The Labute approximate surface area is 297 Å². The van der Waals surface area contributed by atoms with Crippen molar-refractivity contribution in [3.63, 3.8) is 0 Å². The van der Waals surface area contributed by atoms with Gasteiger partial charge in [0, 0.05) is 28.1 Å². The Morgan fingerprint density at radius 3 is 2.16 bits per heavy atom. The van der Waals surface area contributed by atoms with Crippen molar-refractivity contribution < 1.29 is 14.4 Å². The monoisotopic (exact) mass is 699 g/mol. The van der Waals surface area contributed by atoms with Crippen LogP contribution in [0.25, 0.3) is 11.8 Å². The number of carbonyl (C=O) groups is 3. The molecule has 3 amide bonds. The number of hydrogen-bond donors (Lipinski definition) is 3. The smallest absolute Gasteiger partial charge is 0.295 e. The average molecular weight is 700 g/mol. The zero-order valence-electron chi connectivity index (χ0n) is 27.2. The van der Waals surface area contributed by atoms with E-state index in [4.69, 9.17) is 0 Å². The summed E-state index contributed by atoms with van der Waals surface area (Å²) in [6.07, 6.45) is 1.63. The van der Waals surface area contributed by atoms with Crippen molar-refractivity contribution in [1.82, 2.24) is 14.7 Å². The molecule has 9 nitrogen and oxygen atoms in total. The van der Waals surface area contributed by atoms with Crippen molar-refractivity contribution in [3.8, 4) is 5.69 Å². The molecular formula is C39H33N5O4S2. The lowest BCUT2D eigenvalue weighted by Crippen LogP contribution is -2.30. The van der Waals surface area contributed by atoms with Crippen LogP contribution in [0.4, 0.5) is 11.4 Å². The van der Waals surface area contributed by atoms with Crippen LogP contribution in [0.15, 0.2) is 148 Å². The number of nitrogens with one attached hydrogen (secondary N) is 3. The normalized spacial score (nSPS) is 11.8. The minimum Gasteiger partial charge on any atom is -0.321 e. The number of thioether (sulfide) groups is 1. The van der Waals surface area contributed by atoms with Crippen LogP contribution in [0.5, 0.6) is 0 Å². The maximum Gasteiger partial charge on any atom is 0.295 e. The highest BCUT2D eigenvalue weighted by Gasteiger charge is 2.26. The number of nitrogens with zero attached hydrogens (tertiary/aromatic N) is 2. The molecule has 250 valence electrons. The number of anilines is 2. The number of carbonyl (C=O) groups excluding carboxylic acids is 3. The molecule has 2 heterocycles. The molecule has 0 saturated heterocycles. The fourth-order valence-corrected chi connectivity index (χ4v) is 6.98. The van der Waals surface area contributed by atoms with Crippen LogP contribution in [-0.4, -0.2) is 27.1 Å². The molecule has 6 aromatic rings. The average Bonchev–Trinajstić information content (AvgIpc) is 3.73. The Bertz CT molecular complexity index is 2210. The zero-order valence-corrected chi connectivity index (χ0v) is 28.8. The number of thiophene rings is 1.